The third-order valence-corrected chi connectivity index (χ3v) is 3.98. The van der Waals surface area contributed by atoms with Crippen molar-refractivity contribution in [2.75, 3.05) is 18.4 Å². The van der Waals surface area contributed by atoms with E-state index < -0.39 is 0 Å². The minimum absolute atomic E-state index is 0.0179. The molecule has 17 heavy (non-hydrogen) atoms. The highest BCUT2D eigenvalue weighted by Gasteiger charge is 2.37. The van der Waals surface area contributed by atoms with Crippen LogP contribution in [0, 0.1) is 5.92 Å². The fourth-order valence-corrected chi connectivity index (χ4v) is 3.08. The molecule has 4 heteroatoms. The number of carbonyl (C=O) groups is 1. The second kappa shape index (κ2) is 4.31. The molecule has 0 unspecified atom stereocenters. The largest absolute Gasteiger partial charge is 0.325 e. The van der Waals surface area contributed by atoms with Gasteiger partial charge < -0.3 is 10.6 Å². The highest BCUT2D eigenvalue weighted by Crippen LogP contribution is 2.41. The Kier molecular flexibility index (Phi) is 2.81. The smallest absolute Gasteiger partial charge is 0.232 e. The van der Waals surface area contributed by atoms with Crippen molar-refractivity contribution in [2.24, 2.45) is 5.92 Å². The molecule has 1 aromatic carbocycles. The fourth-order valence-electron chi connectivity index (χ4n) is 2.91. The topological polar surface area (TPSA) is 41.1 Å². The summed E-state index contributed by atoms with van der Waals surface area (Å²) in [5, 5.41) is 6.95. The number of halogens is 1. The van der Waals surface area contributed by atoms with Crippen LogP contribution in [-0.4, -0.2) is 19.0 Å². The van der Waals surface area contributed by atoms with E-state index >= 15 is 0 Å². The van der Waals surface area contributed by atoms with Gasteiger partial charge in [0, 0.05) is 10.7 Å². The number of nitrogens with one attached hydrogen (secondary N) is 2. The molecule has 0 radical (unpaired) electrons. The van der Waals surface area contributed by atoms with Gasteiger partial charge in [-0.15, -0.1) is 0 Å². The van der Waals surface area contributed by atoms with Crippen LogP contribution >= 0.6 is 11.6 Å². The van der Waals surface area contributed by atoms with Crippen molar-refractivity contribution in [3.8, 4) is 0 Å². The summed E-state index contributed by atoms with van der Waals surface area (Å²) >= 11 is 5.94. The van der Waals surface area contributed by atoms with E-state index in [0.717, 1.165) is 37.2 Å². The van der Waals surface area contributed by atoms with E-state index in [4.69, 9.17) is 11.6 Å². The van der Waals surface area contributed by atoms with Gasteiger partial charge in [-0.05, 0) is 49.5 Å². The summed E-state index contributed by atoms with van der Waals surface area (Å²) in [7, 11) is 0. The summed E-state index contributed by atoms with van der Waals surface area (Å²) in [5.74, 6) is 0.609. The molecule has 0 aliphatic carbocycles. The lowest BCUT2D eigenvalue weighted by atomic mass is 9.81. The number of rotatable bonds is 1. The third-order valence-electron chi connectivity index (χ3n) is 3.75. The Balaban J connectivity index is 1.93. The maximum absolute atomic E-state index is 12.1. The number of hydrogen-bond donors (Lipinski definition) is 2. The van der Waals surface area contributed by atoms with E-state index in [1.165, 1.54) is 0 Å². The summed E-state index contributed by atoms with van der Waals surface area (Å²) in [6.45, 7) is 2.02. The molecule has 0 spiro atoms. The van der Waals surface area contributed by atoms with Gasteiger partial charge in [-0.2, -0.15) is 0 Å². The van der Waals surface area contributed by atoms with Gasteiger partial charge in [-0.3, -0.25) is 4.79 Å². The van der Waals surface area contributed by atoms with Crippen LogP contribution in [0.15, 0.2) is 18.2 Å². The van der Waals surface area contributed by atoms with Gasteiger partial charge in [0.1, 0.15) is 0 Å². The van der Waals surface area contributed by atoms with Crippen LogP contribution in [0.1, 0.15) is 24.3 Å². The Bertz CT molecular complexity index is 455. The lowest BCUT2D eigenvalue weighted by Gasteiger charge is -2.26. The van der Waals surface area contributed by atoms with E-state index in [0.29, 0.717) is 10.9 Å². The molecule has 0 saturated carbocycles. The maximum atomic E-state index is 12.1. The molecule has 1 aromatic rings. The van der Waals surface area contributed by atoms with Gasteiger partial charge in [-0.1, -0.05) is 17.7 Å². The van der Waals surface area contributed by atoms with Gasteiger partial charge in [-0.25, -0.2) is 0 Å². The van der Waals surface area contributed by atoms with Crippen LogP contribution in [0.4, 0.5) is 5.69 Å². The molecule has 1 amide bonds. The zero-order valence-electron chi connectivity index (χ0n) is 9.50. The molecule has 0 aromatic heterocycles. The number of fused-ring (bicyclic) bond motifs is 1. The molecular weight excluding hydrogens is 236 g/mol. The van der Waals surface area contributed by atoms with Gasteiger partial charge >= 0.3 is 0 Å². The summed E-state index contributed by atoms with van der Waals surface area (Å²) < 4.78 is 0. The SMILES string of the molecule is O=C1Nc2cc(Cl)ccc2[C@@H]1C1CCNCC1. The predicted octanol–water partition coefficient (Wildman–Crippen LogP) is 2.38. The third kappa shape index (κ3) is 1.94. The lowest BCUT2D eigenvalue weighted by molar-refractivity contribution is -0.118. The fraction of sp³-hybridized carbons (Fsp3) is 0.462. The van der Waals surface area contributed by atoms with E-state index in [1.807, 2.05) is 18.2 Å². The molecule has 3 nitrogen and oxygen atoms in total. The van der Waals surface area contributed by atoms with Crippen molar-refractivity contribution >= 4 is 23.2 Å². The quantitative estimate of drug-likeness (QED) is 0.804. The van der Waals surface area contributed by atoms with E-state index in [2.05, 4.69) is 10.6 Å². The van der Waals surface area contributed by atoms with Crippen LogP contribution in [0.3, 0.4) is 0 Å². The maximum Gasteiger partial charge on any atom is 0.232 e. The Morgan fingerprint density at radius 2 is 2.00 bits per heavy atom. The Labute approximate surface area is 106 Å². The van der Waals surface area contributed by atoms with Crippen molar-refractivity contribution < 1.29 is 4.79 Å². The molecule has 1 atom stereocenters. The molecule has 1 fully saturated rings. The molecule has 90 valence electrons. The molecule has 2 aliphatic heterocycles. The number of piperidine rings is 1. The molecular formula is C13H15ClN2O. The van der Waals surface area contributed by atoms with Crippen LogP contribution in [0.2, 0.25) is 5.02 Å². The van der Waals surface area contributed by atoms with Crippen LogP contribution in [-0.2, 0) is 4.79 Å². The first-order valence-electron chi connectivity index (χ1n) is 6.07. The number of anilines is 1. The van der Waals surface area contributed by atoms with Gasteiger partial charge in [0.2, 0.25) is 5.91 Å². The normalized spacial score (nSPS) is 24.5. The molecule has 0 bridgehead atoms. The average Bonchev–Trinajstić information content (AvgIpc) is 2.65. The second-order valence-corrected chi connectivity index (χ2v) is 5.22. The predicted molar refractivity (Wildman–Crippen MR) is 68.4 cm³/mol. The number of carbonyl (C=O) groups excluding carboxylic acids is 1. The minimum atomic E-state index is 0.0179. The second-order valence-electron chi connectivity index (χ2n) is 4.79. The summed E-state index contributed by atoms with van der Waals surface area (Å²) in [6.07, 6.45) is 2.14. The molecule has 2 N–H and O–H groups in total. The zero-order valence-corrected chi connectivity index (χ0v) is 10.3. The number of benzene rings is 1. The van der Waals surface area contributed by atoms with E-state index in [9.17, 15) is 4.79 Å². The molecule has 1 saturated heterocycles. The van der Waals surface area contributed by atoms with E-state index in [1.54, 1.807) is 0 Å². The highest BCUT2D eigenvalue weighted by atomic mass is 35.5. The highest BCUT2D eigenvalue weighted by molar-refractivity contribution is 6.31. The summed E-state index contributed by atoms with van der Waals surface area (Å²) in [4.78, 5) is 12.1. The zero-order chi connectivity index (χ0) is 11.8. The molecule has 2 heterocycles. The van der Waals surface area contributed by atoms with Crippen molar-refractivity contribution in [2.45, 2.75) is 18.8 Å². The standard InChI is InChI=1S/C13H15ClN2O/c14-9-1-2-10-11(7-9)16-13(17)12(10)8-3-5-15-6-4-8/h1-2,7-8,12,15H,3-6H2,(H,16,17)/t12-/m0/s1. The van der Waals surface area contributed by atoms with E-state index in [-0.39, 0.29) is 11.8 Å². The van der Waals surface area contributed by atoms with Gasteiger partial charge in [0.25, 0.3) is 0 Å². The first kappa shape index (κ1) is 11.1. The van der Waals surface area contributed by atoms with Crippen molar-refractivity contribution in [3.63, 3.8) is 0 Å². The first-order valence-corrected chi connectivity index (χ1v) is 6.44. The Morgan fingerprint density at radius 3 is 2.76 bits per heavy atom. The van der Waals surface area contributed by atoms with Crippen molar-refractivity contribution in [1.82, 2.24) is 5.32 Å². The monoisotopic (exact) mass is 250 g/mol. The lowest BCUT2D eigenvalue weighted by Crippen LogP contribution is -2.33. The summed E-state index contributed by atoms with van der Waals surface area (Å²) in [6, 6.07) is 5.70. The Morgan fingerprint density at radius 1 is 1.24 bits per heavy atom. The van der Waals surface area contributed by atoms with Crippen molar-refractivity contribution in [3.05, 3.63) is 28.8 Å². The van der Waals surface area contributed by atoms with Crippen LogP contribution < -0.4 is 10.6 Å². The van der Waals surface area contributed by atoms with Crippen LogP contribution in [0.5, 0.6) is 0 Å². The summed E-state index contributed by atoms with van der Waals surface area (Å²) in [5.41, 5.74) is 2.01. The van der Waals surface area contributed by atoms with Gasteiger partial charge in [0.05, 0.1) is 5.92 Å². The first-order chi connectivity index (χ1) is 8.25. The van der Waals surface area contributed by atoms with Gasteiger partial charge in [0.15, 0.2) is 0 Å². The minimum Gasteiger partial charge on any atom is -0.325 e. The van der Waals surface area contributed by atoms with Crippen molar-refractivity contribution in [1.29, 1.82) is 0 Å². The molecule has 3 rings (SSSR count). The average molecular weight is 251 g/mol. The molecule has 2 aliphatic rings. The Hall–Kier alpha value is -1.06. The number of hydrogen-bond acceptors (Lipinski definition) is 2. The van der Waals surface area contributed by atoms with Crippen LogP contribution in [0.25, 0.3) is 0 Å². The number of amides is 1.